The molecular formula is C11H13BrF2O2. The maximum Gasteiger partial charge on any atom is 0.143 e. The summed E-state index contributed by atoms with van der Waals surface area (Å²) in [5.41, 5.74) is -0.00970. The van der Waals surface area contributed by atoms with Gasteiger partial charge in [-0.15, -0.1) is 0 Å². The number of rotatable bonds is 5. The second kappa shape index (κ2) is 6.27. The van der Waals surface area contributed by atoms with Gasteiger partial charge in [0.2, 0.25) is 0 Å². The lowest BCUT2D eigenvalue weighted by Crippen LogP contribution is -2.15. The van der Waals surface area contributed by atoms with E-state index in [9.17, 15) is 13.9 Å². The molecule has 0 saturated heterocycles. The molecule has 0 heterocycles. The SMILES string of the molecule is COCC(O)CCc1c(F)ccc(Br)c1F. The summed E-state index contributed by atoms with van der Waals surface area (Å²) in [6.45, 7) is 0.164. The molecule has 0 saturated carbocycles. The summed E-state index contributed by atoms with van der Waals surface area (Å²) < 4.78 is 31.7. The zero-order valence-electron chi connectivity index (χ0n) is 8.84. The van der Waals surface area contributed by atoms with Crippen molar-refractivity contribution in [3.05, 3.63) is 33.8 Å². The molecular weight excluding hydrogens is 282 g/mol. The van der Waals surface area contributed by atoms with Gasteiger partial charge in [0.25, 0.3) is 0 Å². The van der Waals surface area contributed by atoms with Crippen molar-refractivity contribution in [2.24, 2.45) is 0 Å². The molecule has 1 aromatic rings. The first-order valence-corrected chi connectivity index (χ1v) is 5.65. The van der Waals surface area contributed by atoms with Gasteiger partial charge >= 0.3 is 0 Å². The zero-order valence-corrected chi connectivity index (χ0v) is 10.4. The Morgan fingerprint density at radius 2 is 2.12 bits per heavy atom. The van der Waals surface area contributed by atoms with E-state index in [1.54, 1.807) is 0 Å². The molecule has 1 atom stereocenters. The monoisotopic (exact) mass is 294 g/mol. The molecule has 0 amide bonds. The highest BCUT2D eigenvalue weighted by atomic mass is 79.9. The molecule has 2 nitrogen and oxygen atoms in total. The summed E-state index contributed by atoms with van der Waals surface area (Å²) in [7, 11) is 1.46. The Hall–Kier alpha value is -0.520. The minimum Gasteiger partial charge on any atom is -0.391 e. The normalized spacial score (nSPS) is 12.8. The minimum atomic E-state index is -0.706. The summed E-state index contributed by atoms with van der Waals surface area (Å²) >= 11 is 2.99. The Bertz CT molecular complexity index is 358. The van der Waals surface area contributed by atoms with Crippen LogP contribution in [0.15, 0.2) is 16.6 Å². The molecule has 0 aliphatic carbocycles. The maximum atomic E-state index is 13.5. The molecule has 0 bridgehead atoms. The highest BCUT2D eigenvalue weighted by Crippen LogP contribution is 2.23. The van der Waals surface area contributed by atoms with E-state index >= 15 is 0 Å². The summed E-state index contributed by atoms with van der Waals surface area (Å²) in [6.07, 6.45) is -0.303. The van der Waals surface area contributed by atoms with Crippen LogP contribution >= 0.6 is 15.9 Å². The summed E-state index contributed by atoms with van der Waals surface area (Å²) in [6, 6.07) is 2.52. The van der Waals surface area contributed by atoms with Gasteiger partial charge in [0, 0.05) is 12.7 Å². The molecule has 1 N–H and O–H groups in total. The van der Waals surface area contributed by atoms with Gasteiger partial charge < -0.3 is 9.84 Å². The Labute approximate surface area is 101 Å². The number of ether oxygens (including phenoxy) is 1. The van der Waals surface area contributed by atoms with Crippen molar-refractivity contribution in [3.8, 4) is 0 Å². The topological polar surface area (TPSA) is 29.5 Å². The number of benzene rings is 1. The third-order valence-electron chi connectivity index (χ3n) is 2.23. The summed E-state index contributed by atoms with van der Waals surface area (Å²) in [4.78, 5) is 0. The van der Waals surface area contributed by atoms with Crippen LogP contribution in [-0.2, 0) is 11.2 Å². The number of hydrogen-bond acceptors (Lipinski definition) is 2. The van der Waals surface area contributed by atoms with Crippen LogP contribution in [0.1, 0.15) is 12.0 Å². The first kappa shape index (κ1) is 13.5. The molecule has 0 aliphatic heterocycles. The molecule has 0 spiro atoms. The van der Waals surface area contributed by atoms with E-state index in [2.05, 4.69) is 15.9 Å². The fourth-order valence-corrected chi connectivity index (χ4v) is 1.76. The van der Waals surface area contributed by atoms with Crippen molar-refractivity contribution in [1.82, 2.24) is 0 Å². The average Bonchev–Trinajstić information content (AvgIpc) is 2.24. The van der Waals surface area contributed by atoms with Crippen molar-refractivity contribution in [3.63, 3.8) is 0 Å². The van der Waals surface area contributed by atoms with Crippen molar-refractivity contribution < 1.29 is 18.6 Å². The Kier molecular flexibility index (Phi) is 5.31. The predicted molar refractivity (Wildman–Crippen MR) is 60.3 cm³/mol. The first-order valence-electron chi connectivity index (χ1n) is 4.85. The zero-order chi connectivity index (χ0) is 12.1. The van der Waals surface area contributed by atoms with Crippen LogP contribution < -0.4 is 0 Å². The third-order valence-corrected chi connectivity index (χ3v) is 2.84. The van der Waals surface area contributed by atoms with Crippen LogP contribution in [0.2, 0.25) is 0 Å². The van der Waals surface area contributed by atoms with Crippen molar-refractivity contribution >= 4 is 15.9 Å². The van der Waals surface area contributed by atoms with Gasteiger partial charge in [-0.05, 0) is 40.9 Å². The van der Waals surface area contributed by atoms with E-state index in [4.69, 9.17) is 4.74 Å². The number of aliphatic hydroxyl groups excluding tert-OH is 1. The highest BCUT2D eigenvalue weighted by Gasteiger charge is 2.14. The molecule has 1 aromatic carbocycles. The standard InChI is InChI=1S/C11H13BrF2O2/c1-16-6-7(15)2-3-8-10(13)5-4-9(12)11(8)14/h4-5,7,15H,2-3,6H2,1H3. The number of methoxy groups -OCH3 is 1. The van der Waals surface area contributed by atoms with E-state index in [-0.39, 0.29) is 29.5 Å². The number of aliphatic hydroxyl groups is 1. The average molecular weight is 295 g/mol. The lowest BCUT2D eigenvalue weighted by Gasteiger charge is -2.10. The fourth-order valence-electron chi connectivity index (χ4n) is 1.38. The minimum absolute atomic E-state index is 0.00970. The first-order chi connectivity index (χ1) is 7.56. The van der Waals surface area contributed by atoms with Gasteiger partial charge in [0.05, 0.1) is 17.2 Å². The molecule has 0 radical (unpaired) electrons. The molecule has 0 fully saturated rings. The molecule has 1 unspecified atom stereocenters. The van der Waals surface area contributed by atoms with E-state index in [0.717, 1.165) is 0 Å². The largest absolute Gasteiger partial charge is 0.391 e. The molecule has 0 aromatic heterocycles. The molecule has 0 aliphatic rings. The van der Waals surface area contributed by atoms with Crippen LogP contribution in [0, 0.1) is 11.6 Å². The number of halogens is 3. The fraction of sp³-hybridized carbons (Fsp3) is 0.455. The highest BCUT2D eigenvalue weighted by molar-refractivity contribution is 9.10. The van der Waals surface area contributed by atoms with Crippen molar-refractivity contribution in [2.75, 3.05) is 13.7 Å². The predicted octanol–water partition coefficient (Wildman–Crippen LogP) is 2.67. The summed E-state index contributed by atoms with van der Waals surface area (Å²) in [5, 5.41) is 9.38. The van der Waals surface area contributed by atoms with Crippen LogP contribution in [0.3, 0.4) is 0 Å². The lowest BCUT2D eigenvalue weighted by atomic mass is 10.1. The Balaban J connectivity index is 2.70. The second-order valence-electron chi connectivity index (χ2n) is 3.47. The molecule has 16 heavy (non-hydrogen) atoms. The van der Waals surface area contributed by atoms with Crippen LogP contribution in [0.4, 0.5) is 8.78 Å². The van der Waals surface area contributed by atoms with Crippen LogP contribution in [-0.4, -0.2) is 24.9 Å². The Morgan fingerprint density at radius 3 is 2.75 bits per heavy atom. The summed E-state index contributed by atoms with van der Waals surface area (Å²) in [5.74, 6) is -1.20. The van der Waals surface area contributed by atoms with Gasteiger partial charge in [0.15, 0.2) is 0 Å². The molecule has 5 heteroatoms. The second-order valence-corrected chi connectivity index (χ2v) is 4.32. The number of hydrogen-bond donors (Lipinski definition) is 1. The quantitative estimate of drug-likeness (QED) is 0.846. The van der Waals surface area contributed by atoms with Gasteiger partial charge in [0.1, 0.15) is 11.6 Å². The van der Waals surface area contributed by atoms with Gasteiger partial charge in [-0.2, -0.15) is 0 Å². The smallest absolute Gasteiger partial charge is 0.143 e. The van der Waals surface area contributed by atoms with E-state index in [0.29, 0.717) is 0 Å². The molecule has 1 rings (SSSR count). The molecule has 90 valence electrons. The van der Waals surface area contributed by atoms with Crippen LogP contribution in [0.25, 0.3) is 0 Å². The van der Waals surface area contributed by atoms with Crippen molar-refractivity contribution in [1.29, 1.82) is 0 Å². The van der Waals surface area contributed by atoms with Crippen LogP contribution in [0.5, 0.6) is 0 Å². The van der Waals surface area contributed by atoms with Gasteiger partial charge in [-0.3, -0.25) is 0 Å². The van der Waals surface area contributed by atoms with Gasteiger partial charge in [-0.1, -0.05) is 0 Å². The van der Waals surface area contributed by atoms with Gasteiger partial charge in [-0.25, -0.2) is 8.78 Å². The lowest BCUT2D eigenvalue weighted by molar-refractivity contribution is 0.0592. The van der Waals surface area contributed by atoms with E-state index in [1.165, 1.54) is 19.2 Å². The third kappa shape index (κ3) is 3.50. The maximum absolute atomic E-state index is 13.5. The van der Waals surface area contributed by atoms with Crippen molar-refractivity contribution in [2.45, 2.75) is 18.9 Å². The van der Waals surface area contributed by atoms with E-state index < -0.39 is 17.7 Å². The van der Waals surface area contributed by atoms with E-state index in [1.807, 2.05) is 0 Å². The Morgan fingerprint density at radius 1 is 1.44 bits per heavy atom.